The first kappa shape index (κ1) is 17.7. The van der Waals surface area contributed by atoms with E-state index in [4.69, 9.17) is 32.7 Å². The fourth-order valence-electron chi connectivity index (χ4n) is 1.88. The third-order valence-electron chi connectivity index (χ3n) is 2.92. The first-order valence-electron chi connectivity index (χ1n) is 6.66. The Hall–Kier alpha value is -1.63. The number of hydrogen-bond donors (Lipinski definition) is 1. The van der Waals surface area contributed by atoms with Crippen LogP contribution in [0.25, 0.3) is 0 Å². The summed E-state index contributed by atoms with van der Waals surface area (Å²) in [5, 5.41) is 0.598. The number of halogens is 2. The lowest BCUT2D eigenvalue weighted by Gasteiger charge is -2.13. The van der Waals surface area contributed by atoms with Crippen LogP contribution in [0.2, 0.25) is 10.0 Å². The number of benzene rings is 2. The highest BCUT2D eigenvalue weighted by Gasteiger charge is 2.18. The Labute approximate surface area is 145 Å². The zero-order valence-corrected chi connectivity index (χ0v) is 14.8. The Morgan fingerprint density at radius 3 is 2.39 bits per heavy atom. The molecule has 2 aromatic carbocycles. The van der Waals surface area contributed by atoms with E-state index in [-0.39, 0.29) is 15.6 Å². The summed E-state index contributed by atoms with van der Waals surface area (Å²) in [4.78, 5) is 0.00739. The molecule has 23 heavy (non-hydrogen) atoms. The van der Waals surface area contributed by atoms with Crippen molar-refractivity contribution in [3.05, 3.63) is 46.4 Å². The predicted octanol–water partition coefficient (Wildman–Crippen LogP) is 4.20. The van der Waals surface area contributed by atoms with Crippen molar-refractivity contribution in [3.63, 3.8) is 0 Å². The minimum atomic E-state index is -3.85. The molecule has 0 saturated carbocycles. The molecule has 0 aliphatic rings. The highest BCUT2D eigenvalue weighted by Crippen LogP contribution is 2.32. The molecule has 0 spiro atoms. The molecule has 0 saturated heterocycles. The zero-order valence-electron chi connectivity index (χ0n) is 12.5. The summed E-state index contributed by atoms with van der Waals surface area (Å²) in [6.07, 6.45) is 0. The van der Waals surface area contributed by atoms with E-state index in [0.29, 0.717) is 23.1 Å². The molecule has 0 aromatic heterocycles. The largest absolute Gasteiger partial charge is 0.495 e. The fraction of sp³-hybridized carbons (Fsp3) is 0.200. The SMILES string of the molecule is CCOc1ccc(S(=O)(=O)Nc2cc(Cl)ccc2OC)cc1Cl. The van der Waals surface area contributed by atoms with Crippen LogP contribution in [-0.2, 0) is 10.0 Å². The van der Waals surface area contributed by atoms with Crippen LogP contribution in [-0.4, -0.2) is 22.1 Å². The Balaban J connectivity index is 2.36. The summed E-state index contributed by atoms with van der Waals surface area (Å²) >= 11 is 11.9. The van der Waals surface area contributed by atoms with Crippen LogP contribution in [0.5, 0.6) is 11.5 Å². The predicted molar refractivity (Wildman–Crippen MR) is 91.4 cm³/mol. The van der Waals surface area contributed by atoms with Gasteiger partial charge in [0.2, 0.25) is 0 Å². The third kappa shape index (κ3) is 4.22. The van der Waals surface area contributed by atoms with Gasteiger partial charge >= 0.3 is 0 Å². The average molecular weight is 376 g/mol. The van der Waals surface area contributed by atoms with Gasteiger partial charge < -0.3 is 9.47 Å². The smallest absolute Gasteiger partial charge is 0.262 e. The maximum Gasteiger partial charge on any atom is 0.262 e. The molecule has 0 radical (unpaired) electrons. The Bertz CT molecular complexity index is 809. The van der Waals surface area contributed by atoms with E-state index in [2.05, 4.69) is 4.72 Å². The number of anilines is 1. The van der Waals surface area contributed by atoms with Crippen LogP contribution in [0.1, 0.15) is 6.92 Å². The summed E-state index contributed by atoms with van der Waals surface area (Å²) in [6.45, 7) is 2.25. The van der Waals surface area contributed by atoms with Gasteiger partial charge in [-0.1, -0.05) is 23.2 Å². The van der Waals surface area contributed by atoms with Crippen LogP contribution in [0.3, 0.4) is 0 Å². The molecular formula is C15H15Cl2NO4S. The number of hydrogen-bond acceptors (Lipinski definition) is 4. The molecule has 8 heteroatoms. The standard InChI is InChI=1S/C15H15Cl2NO4S/c1-3-22-14-7-5-11(9-12(14)17)23(19,20)18-13-8-10(16)4-6-15(13)21-2/h4-9,18H,3H2,1-2H3. The van der Waals surface area contributed by atoms with Crippen molar-refractivity contribution < 1.29 is 17.9 Å². The second-order valence-electron chi connectivity index (χ2n) is 4.48. The highest BCUT2D eigenvalue weighted by molar-refractivity contribution is 7.92. The van der Waals surface area contributed by atoms with Gasteiger partial charge in [0, 0.05) is 5.02 Å². The molecule has 2 aromatic rings. The summed E-state index contributed by atoms with van der Waals surface area (Å²) < 4.78 is 37.8. The first-order chi connectivity index (χ1) is 10.9. The fourth-order valence-corrected chi connectivity index (χ4v) is 3.44. The zero-order chi connectivity index (χ0) is 17.0. The van der Waals surface area contributed by atoms with Crippen LogP contribution in [0, 0.1) is 0 Å². The van der Waals surface area contributed by atoms with E-state index in [1.165, 1.54) is 31.4 Å². The highest BCUT2D eigenvalue weighted by atomic mass is 35.5. The second-order valence-corrected chi connectivity index (χ2v) is 7.00. The topological polar surface area (TPSA) is 64.6 Å². The van der Waals surface area contributed by atoms with E-state index >= 15 is 0 Å². The second kappa shape index (κ2) is 7.29. The maximum atomic E-state index is 12.5. The summed E-state index contributed by atoms with van der Waals surface area (Å²) in [6, 6.07) is 8.89. The molecular weight excluding hydrogens is 361 g/mol. The Morgan fingerprint density at radius 2 is 1.78 bits per heavy atom. The van der Waals surface area contributed by atoms with Crippen LogP contribution >= 0.6 is 23.2 Å². The van der Waals surface area contributed by atoms with Gasteiger partial charge in [-0.05, 0) is 43.3 Å². The van der Waals surface area contributed by atoms with Crippen molar-refractivity contribution in [3.8, 4) is 11.5 Å². The lowest BCUT2D eigenvalue weighted by atomic mass is 10.3. The lowest BCUT2D eigenvalue weighted by molar-refractivity contribution is 0.340. The van der Waals surface area contributed by atoms with Gasteiger partial charge in [0.25, 0.3) is 10.0 Å². The van der Waals surface area contributed by atoms with Crippen LogP contribution in [0.15, 0.2) is 41.3 Å². The monoisotopic (exact) mass is 375 g/mol. The summed E-state index contributed by atoms with van der Waals surface area (Å²) in [5.74, 6) is 0.781. The summed E-state index contributed by atoms with van der Waals surface area (Å²) in [7, 11) is -2.41. The molecule has 0 amide bonds. The third-order valence-corrected chi connectivity index (χ3v) is 4.81. The van der Waals surface area contributed by atoms with Crippen molar-refractivity contribution in [2.45, 2.75) is 11.8 Å². The van der Waals surface area contributed by atoms with Gasteiger partial charge in [0.1, 0.15) is 11.5 Å². The van der Waals surface area contributed by atoms with E-state index in [9.17, 15) is 8.42 Å². The Morgan fingerprint density at radius 1 is 1.09 bits per heavy atom. The van der Waals surface area contributed by atoms with E-state index in [1.807, 2.05) is 6.92 Å². The average Bonchev–Trinajstić information content (AvgIpc) is 2.49. The van der Waals surface area contributed by atoms with Gasteiger partial charge in [-0.2, -0.15) is 0 Å². The lowest BCUT2D eigenvalue weighted by Crippen LogP contribution is -2.13. The minimum Gasteiger partial charge on any atom is -0.495 e. The Kier molecular flexibility index (Phi) is 5.62. The number of ether oxygens (including phenoxy) is 2. The quantitative estimate of drug-likeness (QED) is 0.821. The van der Waals surface area contributed by atoms with Crippen molar-refractivity contribution in [2.75, 3.05) is 18.4 Å². The summed E-state index contributed by atoms with van der Waals surface area (Å²) in [5.41, 5.74) is 0.241. The molecule has 1 N–H and O–H groups in total. The molecule has 0 fully saturated rings. The number of nitrogens with one attached hydrogen (secondary N) is 1. The van der Waals surface area contributed by atoms with Crippen molar-refractivity contribution in [1.29, 1.82) is 0 Å². The molecule has 5 nitrogen and oxygen atoms in total. The molecule has 0 aliphatic heterocycles. The molecule has 0 bridgehead atoms. The molecule has 124 valence electrons. The number of sulfonamides is 1. The van der Waals surface area contributed by atoms with E-state index in [0.717, 1.165) is 0 Å². The normalized spacial score (nSPS) is 11.1. The van der Waals surface area contributed by atoms with E-state index in [1.54, 1.807) is 12.1 Å². The van der Waals surface area contributed by atoms with Gasteiger partial charge in [-0.3, -0.25) is 4.72 Å². The molecule has 2 rings (SSSR count). The van der Waals surface area contributed by atoms with E-state index < -0.39 is 10.0 Å². The van der Waals surface area contributed by atoms with Gasteiger partial charge in [-0.15, -0.1) is 0 Å². The number of methoxy groups -OCH3 is 1. The van der Waals surface area contributed by atoms with Crippen molar-refractivity contribution >= 4 is 38.9 Å². The maximum absolute atomic E-state index is 12.5. The first-order valence-corrected chi connectivity index (χ1v) is 8.90. The van der Waals surface area contributed by atoms with Crippen LogP contribution in [0.4, 0.5) is 5.69 Å². The van der Waals surface area contributed by atoms with Gasteiger partial charge in [0.15, 0.2) is 0 Å². The molecule has 0 aliphatic carbocycles. The minimum absolute atomic E-state index is 0.00739. The molecule has 0 atom stereocenters. The van der Waals surface area contributed by atoms with Crippen LogP contribution < -0.4 is 14.2 Å². The van der Waals surface area contributed by atoms with Gasteiger partial charge in [0.05, 0.1) is 29.3 Å². The molecule has 0 heterocycles. The van der Waals surface area contributed by atoms with Crippen molar-refractivity contribution in [2.24, 2.45) is 0 Å². The van der Waals surface area contributed by atoms with Crippen molar-refractivity contribution in [1.82, 2.24) is 0 Å². The number of rotatable bonds is 6. The van der Waals surface area contributed by atoms with Gasteiger partial charge in [-0.25, -0.2) is 8.42 Å². The molecule has 0 unspecified atom stereocenters.